The highest BCUT2D eigenvalue weighted by molar-refractivity contribution is 7.98. The van der Waals surface area contributed by atoms with E-state index in [4.69, 9.17) is 16.3 Å². The first-order valence-electron chi connectivity index (χ1n) is 8.44. The van der Waals surface area contributed by atoms with E-state index in [2.05, 4.69) is 15.3 Å². The maximum atomic E-state index is 12.1. The molecule has 1 aromatic heterocycles. The molecule has 0 fully saturated rings. The molecule has 1 heterocycles. The molecule has 0 spiro atoms. The van der Waals surface area contributed by atoms with Crippen LogP contribution in [0.25, 0.3) is 0 Å². The molecule has 144 valence electrons. The van der Waals surface area contributed by atoms with Crippen LogP contribution in [0.5, 0.6) is 0 Å². The Labute approximate surface area is 168 Å². The summed E-state index contributed by atoms with van der Waals surface area (Å²) in [5, 5.41) is 3.97. The molecule has 2 aromatic rings. The molecule has 0 saturated heterocycles. The molecule has 0 saturated carbocycles. The van der Waals surface area contributed by atoms with Gasteiger partial charge in [0.05, 0.1) is 0 Å². The van der Waals surface area contributed by atoms with Gasteiger partial charge in [-0.1, -0.05) is 23.4 Å². The molecule has 6 nitrogen and oxygen atoms in total. The highest BCUT2D eigenvalue weighted by Crippen LogP contribution is 2.18. The van der Waals surface area contributed by atoms with Crippen molar-refractivity contribution in [2.45, 2.75) is 44.9 Å². The number of amides is 1. The van der Waals surface area contributed by atoms with Gasteiger partial charge in [-0.15, -0.1) is 0 Å². The van der Waals surface area contributed by atoms with E-state index in [1.807, 2.05) is 20.1 Å². The molecule has 0 aliphatic heterocycles. The zero-order chi connectivity index (χ0) is 20.0. The van der Waals surface area contributed by atoms with Gasteiger partial charge in [-0.05, 0) is 63.3 Å². The fourth-order valence-corrected chi connectivity index (χ4v) is 3.06. The lowest BCUT2D eigenvalue weighted by Crippen LogP contribution is -2.30. The van der Waals surface area contributed by atoms with E-state index in [1.54, 1.807) is 24.3 Å². The smallest absolute Gasteiger partial charge is 0.306 e. The predicted molar refractivity (Wildman–Crippen MR) is 107 cm³/mol. The molecule has 8 heteroatoms. The number of hydrogen-bond acceptors (Lipinski definition) is 6. The minimum absolute atomic E-state index is 0.155. The number of nitrogens with one attached hydrogen (secondary N) is 1. The Bertz CT molecular complexity index is 804. The first-order valence-corrected chi connectivity index (χ1v) is 10.0. The van der Waals surface area contributed by atoms with Gasteiger partial charge in [-0.3, -0.25) is 9.59 Å². The number of carbonyl (C=O) groups excluding carboxylic acids is 2. The molecule has 0 radical (unpaired) electrons. The zero-order valence-corrected chi connectivity index (χ0v) is 17.3. The minimum atomic E-state index is -0.898. The lowest BCUT2D eigenvalue weighted by atomic mass is 10.1. The van der Waals surface area contributed by atoms with E-state index in [0.29, 0.717) is 22.3 Å². The molecule has 0 aliphatic carbocycles. The van der Waals surface area contributed by atoms with Gasteiger partial charge in [0.15, 0.2) is 11.3 Å². The van der Waals surface area contributed by atoms with Crippen molar-refractivity contribution in [2.75, 3.05) is 11.6 Å². The molecule has 1 atom stereocenters. The summed E-state index contributed by atoms with van der Waals surface area (Å²) >= 11 is 7.29. The van der Waals surface area contributed by atoms with Crippen molar-refractivity contribution in [3.63, 3.8) is 0 Å². The third-order valence-corrected chi connectivity index (χ3v) is 4.75. The number of aryl methyl sites for hydroxylation is 2. The Kier molecular flexibility index (Phi) is 7.62. The highest BCUT2D eigenvalue weighted by Gasteiger charge is 2.19. The Morgan fingerprint density at radius 3 is 2.33 bits per heavy atom. The second-order valence-electron chi connectivity index (χ2n) is 5.99. The Morgan fingerprint density at radius 1 is 1.19 bits per heavy atom. The maximum absolute atomic E-state index is 12.1. The average molecular weight is 408 g/mol. The van der Waals surface area contributed by atoms with Crippen LogP contribution in [-0.2, 0) is 20.7 Å². The molecule has 2 rings (SSSR count). The van der Waals surface area contributed by atoms with Gasteiger partial charge in [-0.25, -0.2) is 9.97 Å². The van der Waals surface area contributed by atoms with E-state index in [0.717, 1.165) is 17.0 Å². The predicted octanol–water partition coefficient (Wildman–Crippen LogP) is 3.97. The first kappa shape index (κ1) is 21.2. The van der Waals surface area contributed by atoms with E-state index < -0.39 is 18.0 Å². The standard InChI is InChI=1S/C19H22ClN3O3S/c1-11-16(12(2)22-19(21-11)27-4)9-10-17(24)26-13(3)18(25)23-15-7-5-14(20)6-8-15/h5-8,13H,9-10H2,1-4H3,(H,23,25)/t13-/m0/s1. The first-order chi connectivity index (χ1) is 12.8. The fraction of sp³-hybridized carbons (Fsp3) is 0.368. The van der Waals surface area contributed by atoms with Crippen LogP contribution in [0, 0.1) is 13.8 Å². The van der Waals surface area contributed by atoms with Gasteiger partial charge in [0.2, 0.25) is 0 Å². The van der Waals surface area contributed by atoms with Crippen molar-refractivity contribution in [2.24, 2.45) is 0 Å². The third kappa shape index (κ3) is 6.22. The normalized spacial score (nSPS) is 11.7. The summed E-state index contributed by atoms with van der Waals surface area (Å²) in [6.45, 7) is 5.34. The molecule has 27 heavy (non-hydrogen) atoms. The summed E-state index contributed by atoms with van der Waals surface area (Å²) in [6, 6.07) is 6.70. The lowest BCUT2D eigenvalue weighted by molar-refractivity contribution is -0.153. The highest BCUT2D eigenvalue weighted by atomic mass is 35.5. The molecule has 0 bridgehead atoms. The van der Waals surface area contributed by atoms with Crippen LogP contribution in [0.1, 0.15) is 30.3 Å². The number of aromatic nitrogens is 2. The van der Waals surface area contributed by atoms with Crippen LogP contribution in [0.3, 0.4) is 0 Å². The van der Waals surface area contributed by atoms with E-state index >= 15 is 0 Å². The van der Waals surface area contributed by atoms with Gasteiger partial charge in [0, 0.05) is 28.5 Å². The van der Waals surface area contributed by atoms with Gasteiger partial charge in [-0.2, -0.15) is 0 Å². The van der Waals surface area contributed by atoms with Crippen LogP contribution in [0.4, 0.5) is 5.69 Å². The molecular weight excluding hydrogens is 386 g/mol. The second kappa shape index (κ2) is 9.71. The number of esters is 1. The number of anilines is 1. The van der Waals surface area contributed by atoms with Crippen LogP contribution >= 0.6 is 23.4 Å². The average Bonchev–Trinajstić information content (AvgIpc) is 2.62. The number of halogens is 1. The van der Waals surface area contributed by atoms with Crippen LogP contribution in [-0.4, -0.2) is 34.2 Å². The van der Waals surface area contributed by atoms with Crippen molar-refractivity contribution < 1.29 is 14.3 Å². The number of hydrogen-bond donors (Lipinski definition) is 1. The minimum Gasteiger partial charge on any atom is -0.453 e. The fourth-order valence-electron chi connectivity index (χ4n) is 2.48. The van der Waals surface area contributed by atoms with Crippen molar-refractivity contribution >= 4 is 40.9 Å². The maximum Gasteiger partial charge on any atom is 0.306 e. The van der Waals surface area contributed by atoms with E-state index in [-0.39, 0.29) is 6.42 Å². The third-order valence-electron chi connectivity index (χ3n) is 3.95. The number of thioether (sulfide) groups is 1. The number of rotatable bonds is 7. The molecule has 1 amide bonds. The topological polar surface area (TPSA) is 81.2 Å². The lowest BCUT2D eigenvalue weighted by Gasteiger charge is -2.14. The quantitative estimate of drug-likeness (QED) is 0.425. The summed E-state index contributed by atoms with van der Waals surface area (Å²) in [5.41, 5.74) is 3.23. The number of carbonyl (C=O) groups is 2. The Morgan fingerprint density at radius 2 is 1.78 bits per heavy atom. The van der Waals surface area contributed by atoms with E-state index in [9.17, 15) is 9.59 Å². The SMILES string of the molecule is CSc1nc(C)c(CCC(=O)O[C@@H](C)C(=O)Nc2ccc(Cl)cc2)c(C)n1. The summed E-state index contributed by atoms with van der Waals surface area (Å²) in [7, 11) is 0. The molecule has 1 N–H and O–H groups in total. The number of ether oxygens (including phenoxy) is 1. The summed E-state index contributed by atoms with van der Waals surface area (Å²) in [5.74, 6) is -0.841. The summed E-state index contributed by atoms with van der Waals surface area (Å²) in [4.78, 5) is 33.0. The van der Waals surface area contributed by atoms with Gasteiger partial charge < -0.3 is 10.1 Å². The van der Waals surface area contributed by atoms with Crippen molar-refractivity contribution in [1.29, 1.82) is 0 Å². The zero-order valence-electron chi connectivity index (χ0n) is 15.7. The Balaban J connectivity index is 1.88. The van der Waals surface area contributed by atoms with Gasteiger partial charge >= 0.3 is 5.97 Å². The largest absolute Gasteiger partial charge is 0.453 e. The second-order valence-corrected chi connectivity index (χ2v) is 7.20. The molecule has 1 aromatic carbocycles. The van der Waals surface area contributed by atoms with Crippen molar-refractivity contribution in [3.8, 4) is 0 Å². The van der Waals surface area contributed by atoms with Gasteiger partial charge in [0.25, 0.3) is 5.91 Å². The van der Waals surface area contributed by atoms with E-state index in [1.165, 1.54) is 18.7 Å². The monoisotopic (exact) mass is 407 g/mol. The Hall–Kier alpha value is -2.12. The van der Waals surface area contributed by atoms with Crippen molar-refractivity contribution in [3.05, 3.63) is 46.2 Å². The number of benzene rings is 1. The van der Waals surface area contributed by atoms with Crippen molar-refractivity contribution in [1.82, 2.24) is 9.97 Å². The van der Waals surface area contributed by atoms with Crippen LogP contribution in [0.15, 0.2) is 29.4 Å². The van der Waals surface area contributed by atoms with Gasteiger partial charge in [0.1, 0.15) is 0 Å². The molecule has 0 aliphatic rings. The summed E-state index contributed by atoms with van der Waals surface area (Å²) in [6.07, 6.45) is 1.64. The molecular formula is C19H22ClN3O3S. The number of nitrogens with zero attached hydrogens (tertiary/aromatic N) is 2. The summed E-state index contributed by atoms with van der Waals surface area (Å²) < 4.78 is 5.23. The molecule has 0 unspecified atom stereocenters. The van der Waals surface area contributed by atoms with Crippen LogP contribution in [0.2, 0.25) is 5.02 Å². The van der Waals surface area contributed by atoms with Crippen LogP contribution < -0.4 is 5.32 Å².